The number of ether oxygens (including phenoxy) is 1. The molecule has 0 radical (unpaired) electrons. The second-order valence-corrected chi connectivity index (χ2v) is 5.54. The largest absolute Gasteiger partial charge is 0.392 e. The van der Waals surface area contributed by atoms with Crippen molar-refractivity contribution in [2.45, 2.75) is 45.3 Å². The number of rotatable bonds is 5. The Labute approximate surface area is 92.4 Å². The lowest BCUT2D eigenvalue weighted by molar-refractivity contribution is 0.0321. The monoisotopic (exact) mass is 213 g/mol. The van der Waals surface area contributed by atoms with Crippen molar-refractivity contribution in [2.75, 3.05) is 26.2 Å². The van der Waals surface area contributed by atoms with E-state index < -0.39 is 0 Å². The van der Waals surface area contributed by atoms with Crippen molar-refractivity contribution in [3.8, 4) is 0 Å². The predicted molar refractivity (Wildman–Crippen MR) is 59.8 cm³/mol. The first kappa shape index (κ1) is 11.4. The molecule has 1 aliphatic carbocycles. The Balaban J connectivity index is 1.73. The maximum atomic E-state index is 9.46. The van der Waals surface area contributed by atoms with Gasteiger partial charge in [-0.1, -0.05) is 0 Å². The van der Waals surface area contributed by atoms with E-state index in [0.29, 0.717) is 11.5 Å². The molecule has 2 fully saturated rings. The van der Waals surface area contributed by atoms with Crippen molar-refractivity contribution in [1.29, 1.82) is 0 Å². The maximum Gasteiger partial charge on any atom is 0.0679 e. The fraction of sp³-hybridized carbons (Fsp3) is 1.00. The van der Waals surface area contributed by atoms with Crippen molar-refractivity contribution in [3.05, 3.63) is 0 Å². The second-order valence-electron chi connectivity index (χ2n) is 5.54. The number of aliphatic hydroxyl groups is 1. The summed E-state index contributed by atoms with van der Waals surface area (Å²) in [5.74, 6) is 0. The van der Waals surface area contributed by atoms with Gasteiger partial charge in [-0.2, -0.15) is 0 Å². The first-order chi connectivity index (χ1) is 7.10. The van der Waals surface area contributed by atoms with E-state index in [2.05, 4.69) is 18.7 Å². The zero-order chi connectivity index (χ0) is 10.9. The van der Waals surface area contributed by atoms with E-state index in [0.717, 1.165) is 32.7 Å². The average molecular weight is 213 g/mol. The Kier molecular flexibility index (Phi) is 3.33. The molecule has 2 rings (SSSR count). The number of hydrogen-bond donors (Lipinski definition) is 1. The smallest absolute Gasteiger partial charge is 0.0679 e. The van der Waals surface area contributed by atoms with Crippen LogP contribution < -0.4 is 0 Å². The molecule has 3 nitrogen and oxygen atoms in total. The van der Waals surface area contributed by atoms with E-state index in [1.165, 1.54) is 12.8 Å². The van der Waals surface area contributed by atoms with Gasteiger partial charge in [0.15, 0.2) is 0 Å². The Hall–Kier alpha value is -0.120. The molecule has 3 heteroatoms. The number of hydrogen-bond acceptors (Lipinski definition) is 3. The lowest BCUT2D eigenvalue weighted by Gasteiger charge is -2.23. The minimum atomic E-state index is -0.0909. The van der Waals surface area contributed by atoms with Gasteiger partial charge in [0.1, 0.15) is 0 Å². The van der Waals surface area contributed by atoms with Gasteiger partial charge in [0.2, 0.25) is 0 Å². The van der Waals surface area contributed by atoms with Crippen LogP contribution in [0.15, 0.2) is 0 Å². The Morgan fingerprint density at radius 2 is 2.20 bits per heavy atom. The highest BCUT2D eigenvalue weighted by Gasteiger charge is 2.45. The zero-order valence-corrected chi connectivity index (χ0v) is 9.91. The summed E-state index contributed by atoms with van der Waals surface area (Å²) < 4.78 is 5.72. The van der Waals surface area contributed by atoms with E-state index in [1.54, 1.807) is 0 Å². The van der Waals surface area contributed by atoms with Gasteiger partial charge in [0.25, 0.3) is 0 Å². The van der Waals surface area contributed by atoms with Crippen molar-refractivity contribution in [2.24, 2.45) is 5.41 Å². The third-order valence-electron chi connectivity index (χ3n) is 3.49. The van der Waals surface area contributed by atoms with Crippen LogP contribution >= 0.6 is 0 Å². The van der Waals surface area contributed by atoms with E-state index in [9.17, 15) is 5.11 Å². The molecule has 0 unspecified atom stereocenters. The van der Waals surface area contributed by atoms with Gasteiger partial charge in [-0.15, -0.1) is 0 Å². The molecule has 15 heavy (non-hydrogen) atoms. The third-order valence-corrected chi connectivity index (χ3v) is 3.49. The summed E-state index contributed by atoms with van der Waals surface area (Å²) in [6.45, 7) is 8.13. The molecular weight excluding hydrogens is 190 g/mol. The molecule has 1 heterocycles. The van der Waals surface area contributed by atoms with Crippen LogP contribution in [0.25, 0.3) is 0 Å². The van der Waals surface area contributed by atoms with E-state index >= 15 is 0 Å². The second kappa shape index (κ2) is 4.40. The molecule has 0 aromatic heterocycles. The fourth-order valence-corrected chi connectivity index (χ4v) is 2.30. The number of nitrogens with zero attached hydrogens (tertiary/aromatic N) is 1. The lowest BCUT2D eigenvalue weighted by atomic mass is 10.1. The van der Waals surface area contributed by atoms with Crippen LogP contribution in [0.5, 0.6) is 0 Å². The van der Waals surface area contributed by atoms with E-state index in [4.69, 9.17) is 4.74 Å². The highest BCUT2D eigenvalue weighted by atomic mass is 16.5. The fourth-order valence-electron chi connectivity index (χ4n) is 2.30. The standard InChI is InChI=1S/C12H23NO2/c1-10(2)15-9-12(4-5-12)8-13-6-3-11(14)7-13/h10-11,14H,3-9H2,1-2H3/t11-/m1/s1. The predicted octanol–water partition coefficient (Wildman–Crippen LogP) is 1.26. The molecule has 1 aliphatic heterocycles. The highest BCUT2D eigenvalue weighted by Crippen LogP contribution is 2.47. The quantitative estimate of drug-likeness (QED) is 0.746. The molecule has 2 aliphatic rings. The zero-order valence-electron chi connectivity index (χ0n) is 9.91. The minimum absolute atomic E-state index is 0.0909. The molecule has 0 bridgehead atoms. The summed E-state index contributed by atoms with van der Waals surface area (Å²) in [5, 5.41) is 9.46. The van der Waals surface area contributed by atoms with E-state index in [1.807, 2.05) is 0 Å². The first-order valence-corrected chi connectivity index (χ1v) is 6.12. The Bertz CT molecular complexity index is 214. The van der Waals surface area contributed by atoms with Crippen LogP contribution in [-0.2, 0) is 4.74 Å². The minimum Gasteiger partial charge on any atom is -0.392 e. The summed E-state index contributed by atoms with van der Waals surface area (Å²) in [5.41, 5.74) is 0.425. The molecule has 0 aromatic rings. The first-order valence-electron chi connectivity index (χ1n) is 6.12. The van der Waals surface area contributed by atoms with Crippen molar-refractivity contribution in [1.82, 2.24) is 4.90 Å². The molecule has 0 aromatic carbocycles. The molecule has 0 amide bonds. The van der Waals surface area contributed by atoms with Gasteiger partial charge < -0.3 is 14.7 Å². The van der Waals surface area contributed by atoms with Crippen LogP contribution in [0.2, 0.25) is 0 Å². The molecule has 1 saturated heterocycles. The van der Waals surface area contributed by atoms with Crippen molar-refractivity contribution in [3.63, 3.8) is 0 Å². The highest BCUT2D eigenvalue weighted by molar-refractivity contribution is 4.96. The van der Waals surface area contributed by atoms with Gasteiger partial charge in [-0.3, -0.25) is 0 Å². The number of likely N-dealkylation sites (tertiary alicyclic amines) is 1. The molecular formula is C12H23NO2. The van der Waals surface area contributed by atoms with E-state index in [-0.39, 0.29) is 6.10 Å². The van der Waals surface area contributed by atoms with Gasteiger partial charge in [-0.05, 0) is 33.1 Å². The van der Waals surface area contributed by atoms with Crippen LogP contribution in [0.3, 0.4) is 0 Å². The molecule has 1 N–H and O–H groups in total. The number of β-amino-alcohol motifs (C(OH)–C–C–N with tert-alkyl or cyclic N) is 1. The van der Waals surface area contributed by atoms with Crippen molar-refractivity contribution < 1.29 is 9.84 Å². The van der Waals surface area contributed by atoms with Gasteiger partial charge in [0, 0.05) is 25.0 Å². The number of aliphatic hydroxyl groups excluding tert-OH is 1. The van der Waals surface area contributed by atoms with Gasteiger partial charge in [-0.25, -0.2) is 0 Å². The summed E-state index contributed by atoms with van der Waals surface area (Å²) in [6.07, 6.45) is 3.79. The van der Waals surface area contributed by atoms with Crippen molar-refractivity contribution >= 4 is 0 Å². The third kappa shape index (κ3) is 3.16. The molecule has 0 spiro atoms. The average Bonchev–Trinajstić information content (AvgIpc) is 2.81. The summed E-state index contributed by atoms with van der Waals surface area (Å²) >= 11 is 0. The molecule has 1 saturated carbocycles. The topological polar surface area (TPSA) is 32.7 Å². The Morgan fingerprint density at radius 1 is 1.47 bits per heavy atom. The summed E-state index contributed by atoms with van der Waals surface area (Å²) in [7, 11) is 0. The van der Waals surface area contributed by atoms with Crippen LogP contribution in [0.4, 0.5) is 0 Å². The van der Waals surface area contributed by atoms with Gasteiger partial charge >= 0.3 is 0 Å². The molecule has 88 valence electrons. The Morgan fingerprint density at radius 3 is 2.67 bits per heavy atom. The van der Waals surface area contributed by atoms with Crippen LogP contribution in [0, 0.1) is 5.41 Å². The maximum absolute atomic E-state index is 9.46. The SMILES string of the molecule is CC(C)OCC1(CN2CC[C@@H](O)C2)CC1. The lowest BCUT2D eigenvalue weighted by Crippen LogP contribution is -2.32. The molecule has 1 atom stereocenters. The normalized spacial score (nSPS) is 30.0. The summed E-state index contributed by atoms with van der Waals surface area (Å²) in [4.78, 5) is 2.39. The van der Waals surface area contributed by atoms with Crippen LogP contribution in [0.1, 0.15) is 33.1 Å². The van der Waals surface area contributed by atoms with Gasteiger partial charge in [0.05, 0.1) is 18.8 Å². The van der Waals surface area contributed by atoms with Crippen LogP contribution in [-0.4, -0.2) is 48.5 Å². The summed E-state index contributed by atoms with van der Waals surface area (Å²) in [6, 6.07) is 0.